The average Bonchev–Trinajstić information content (AvgIpc) is 3.27. The van der Waals surface area contributed by atoms with Crippen LogP contribution in [-0.2, 0) is 16.8 Å². The molecule has 3 heterocycles. The van der Waals surface area contributed by atoms with E-state index in [9.17, 15) is 23.9 Å². The topological polar surface area (TPSA) is 109 Å². The van der Waals surface area contributed by atoms with E-state index >= 15 is 0 Å². The summed E-state index contributed by atoms with van der Waals surface area (Å²) in [5, 5.41) is 19.7. The van der Waals surface area contributed by atoms with E-state index in [1.165, 1.54) is 34.8 Å². The van der Waals surface area contributed by atoms with Crippen molar-refractivity contribution in [1.82, 2.24) is 24.1 Å². The van der Waals surface area contributed by atoms with Gasteiger partial charge in [0.15, 0.2) is 16.5 Å². The summed E-state index contributed by atoms with van der Waals surface area (Å²) >= 11 is 7.08. The molecule has 2 amide bonds. The minimum absolute atomic E-state index is 0.00108. The van der Waals surface area contributed by atoms with Crippen LogP contribution in [0.25, 0.3) is 10.6 Å². The van der Waals surface area contributed by atoms with Gasteiger partial charge in [-0.15, -0.1) is 10.2 Å². The summed E-state index contributed by atoms with van der Waals surface area (Å²) in [6, 6.07) is 5.93. The molecule has 0 saturated heterocycles. The van der Waals surface area contributed by atoms with Crippen molar-refractivity contribution in [3.63, 3.8) is 0 Å². The van der Waals surface area contributed by atoms with Gasteiger partial charge in [0.2, 0.25) is 5.43 Å². The fourth-order valence-corrected chi connectivity index (χ4v) is 5.05. The summed E-state index contributed by atoms with van der Waals surface area (Å²) in [4.78, 5) is 40.4. The van der Waals surface area contributed by atoms with Gasteiger partial charge in [-0.05, 0) is 31.5 Å². The van der Waals surface area contributed by atoms with Gasteiger partial charge in [0.05, 0.1) is 12.1 Å². The molecule has 0 radical (unpaired) electrons. The maximum absolute atomic E-state index is 13.2. The lowest BCUT2D eigenvalue weighted by molar-refractivity contribution is -0.135. The molecule has 1 aliphatic rings. The van der Waals surface area contributed by atoms with Crippen molar-refractivity contribution in [1.29, 1.82) is 0 Å². The molecule has 1 atom stereocenters. The Hall–Kier alpha value is -3.31. The SMILES string of the molecule is CCN1C[C@](C)(C(=O)N(C)Cl)n2cc(-c3nnc(Cc4ccc(F)cc4)s3)c(=O)c(O)c2C1=O. The van der Waals surface area contributed by atoms with Gasteiger partial charge in [-0.1, -0.05) is 23.5 Å². The zero-order valence-corrected chi connectivity index (χ0v) is 20.2. The molecule has 0 fully saturated rings. The maximum atomic E-state index is 13.2. The fraction of sp³-hybridized carbons (Fsp3) is 0.318. The van der Waals surface area contributed by atoms with E-state index in [1.807, 2.05) is 0 Å². The Morgan fingerprint density at radius 2 is 1.97 bits per heavy atom. The molecule has 1 aromatic carbocycles. The molecule has 0 aliphatic carbocycles. The number of rotatable bonds is 5. The lowest BCUT2D eigenvalue weighted by Gasteiger charge is -2.42. The Bertz CT molecular complexity index is 1340. The number of amides is 2. The predicted molar refractivity (Wildman–Crippen MR) is 124 cm³/mol. The minimum Gasteiger partial charge on any atom is -0.503 e. The van der Waals surface area contributed by atoms with Crippen molar-refractivity contribution in [2.75, 3.05) is 20.1 Å². The molecule has 1 N–H and O–H groups in total. The van der Waals surface area contributed by atoms with Crippen LogP contribution in [0.1, 0.15) is 34.9 Å². The fourth-order valence-electron chi connectivity index (χ4n) is 3.99. The Morgan fingerprint density at radius 1 is 1.29 bits per heavy atom. The van der Waals surface area contributed by atoms with Crippen LogP contribution in [-0.4, -0.2) is 61.1 Å². The second kappa shape index (κ2) is 8.80. The number of benzene rings is 1. The van der Waals surface area contributed by atoms with Gasteiger partial charge in [-0.3, -0.25) is 18.8 Å². The lowest BCUT2D eigenvalue weighted by Crippen LogP contribution is -2.58. The zero-order chi connectivity index (χ0) is 24.8. The van der Waals surface area contributed by atoms with E-state index in [0.29, 0.717) is 11.4 Å². The molecule has 2 aromatic heterocycles. The van der Waals surface area contributed by atoms with Crippen LogP contribution in [0.3, 0.4) is 0 Å². The molecule has 9 nitrogen and oxygen atoms in total. The van der Waals surface area contributed by atoms with E-state index in [0.717, 1.165) is 21.3 Å². The first-order valence-electron chi connectivity index (χ1n) is 10.4. The van der Waals surface area contributed by atoms with Crippen LogP contribution in [0, 0.1) is 5.82 Å². The van der Waals surface area contributed by atoms with E-state index in [4.69, 9.17) is 11.8 Å². The molecule has 1 aliphatic heterocycles. The number of halogens is 2. The van der Waals surface area contributed by atoms with Gasteiger partial charge in [-0.2, -0.15) is 0 Å². The van der Waals surface area contributed by atoms with E-state index in [1.54, 1.807) is 26.0 Å². The number of aromatic nitrogens is 3. The maximum Gasteiger partial charge on any atom is 0.274 e. The molecule has 0 unspecified atom stereocenters. The standard InChI is InChI=1S/C22H21ClFN5O4S/c1-4-28-11-22(2,21(33)27(3)23)29-10-14(17(30)18(31)16(29)20(28)32)19-26-25-15(34-19)9-12-5-7-13(24)8-6-12/h5-8,10,31H,4,9,11H2,1-3H3/t22-/m1/s1. The number of nitrogens with zero attached hydrogens (tertiary/aromatic N) is 5. The summed E-state index contributed by atoms with van der Waals surface area (Å²) < 4.78 is 15.4. The van der Waals surface area contributed by atoms with Gasteiger partial charge in [0, 0.05) is 38.0 Å². The van der Waals surface area contributed by atoms with Crippen molar-refractivity contribution in [2.24, 2.45) is 0 Å². The quantitative estimate of drug-likeness (QED) is 0.534. The van der Waals surface area contributed by atoms with Gasteiger partial charge in [0.25, 0.3) is 11.8 Å². The number of pyridine rings is 1. The molecule has 178 valence electrons. The van der Waals surface area contributed by atoms with Crippen LogP contribution < -0.4 is 5.43 Å². The highest BCUT2D eigenvalue weighted by atomic mass is 35.5. The summed E-state index contributed by atoms with van der Waals surface area (Å²) in [6.45, 7) is 3.59. The smallest absolute Gasteiger partial charge is 0.274 e. The monoisotopic (exact) mass is 505 g/mol. The largest absolute Gasteiger partial charge is 0.503 e. The zero-order valence-electron chi connectivity index (χ0n) is 18.6. The predicted octanol–water partition coefficient (Wildman–Crippen LogP) is 2.61. The van der Waals surface area contributed by atoms with E-state index < -0.39 is 28.5 Å². The van der Waals surface area contributed by atoms with Crippen LogP contribution in [0.2, 0.25) is 0 Å². The highest BCUT2D eigenvalue weighted by Crippen LogP contribution is 2.34. The second-order valence-corrected chi connectivity index (χ2v) is 9.69. The average molecular weight is 506 g/mol. The molecule has 0 bridgehead atoms. The Morgan fingerprint density at radius 3 is 2.59 bits per heavy atom. The summed E-state index contributed by atoms with van der Waals surface area (Å²) in [5.41, 5.74) is -1.65. The highest BCUT2D eigenvalue weighted by molar-refractivity contribution is 7.14. The lowest BCUT2D eigenvalue weighted by atomic mass is 9.94. The molecule has 4 rings (SSSR count). The van der Waals surface area contributed by atoms with Gasteiger partial charge in [-0.25, -0.2) is 4.39 Å². The third kappa shape index (κ3) is 3.94. The third-order valence-electron chi connectivity index (χ3n) is 5.79. The highest BCUT2D eigenvalue weighted by Gasteiger charge is 2.47. The van der Waals surface area contributed by atoms with Crippen LogP contribution in [0.5, 0.6) is 5.75 Å². The number of fused-ring (bicyclic) bond motifs is 1. The number of aromatic hydroxyl groups is 1. The summed E-state index contributed by atoms with van der Waals surface area (Å²) in [5.74, 6) is -2.21. The Labute approximate surface area is 203 Å². The van der Waals surface area contributed by atoms with E-state index in [-0.39, 0.29) is 35.2 Å². The second-order valence-electron chi connectivity index (χ2n) is 8.12. The first kappa shape index (κ1) is 23.8. The molecule has 3 aromatic rings. The number of hydrogen-bond donors (Lipinski definition) is 1. The van der Waals surface area contributed by atoms with Gasteiger partial charge < -0.3 is 14.6 Å². The van der Waals surface area contributed by atoms with Gasteiger partial charge >= 0.3 is 0 Å². The number of carbonyl (C=O) groups is 2. The van der Waals surface area contributed by atoms with Crippen LogP contribution in [0.4, 0.5) is 4.39 Å². The van der Waals surface area contributed by atoms with Crippen LogP contribution >= 0.6 is 23.1 Å². The van der Waals surface area contributed by atoms with Crippen molar-refractivity contribution in [3.8, 4) is 16.3 Å². The van der Waals surface area contributed by atoms with E-state index in [2.05, 4.69) is 10.2 Å². The molecular formula is C22H21ClFN5O4S. The number of likely N-dealkylation sites (N-methyl/N-ethyl adjacent to an activating group) is 2. The normalized spacial score (nSPS) is 17.6. The minimum atomic E-state index is -1.38. The Balaban J connectivity index is 1.83. The first-order valence-corrected chi connectivity index (χ1v) is 11.5. The number of carbonyl (C=O) groups excluding carboxylic acids is 2. The van der Waals surface area contributed by atoms with Crippen LogP contribution in [0.15, 0.2) is 35.3 Å². The molecule has 0 saturated carbocycles. The first-order chi connectivity index (χ1) is 16.1. The number of hydrogen-bond acceptors (Lipinski definition) is 7. The third-order valence-corrected chi connectivity index (χ3v) is 6.90. The van der Waals surface area contributed by atoms with Crippen molar-refractivity contribution in [2.45, 2.75) is 25.8 Å². The molecule has 12 heteroatoms. The van der Waals surface area contributed by atoms with Crippen molar-refractivity contribution in [3.05, 3.63) is 62.8 Å². The molecule has 34 heavy (non-hydrogen) atoms. The molecule has 0 spiro atoms. The Kier molecular flexibility index (Phi) is 6.17. The summed E-state index contributed by atoms with van der Waals surface area (Å²) in [6.07, 6.45) is 1.72. The molecular weight excluding hydrogens is 485 g/mol. The van der Waals surface area contributed by atoms with Crippen molar-refractivity contribution < 1.29 is 19.1 Å². The van der Waals surface area contributed by atoms with Gasteiger partial charge in [0.1, 0.15) is 16.4 Å². The summed E-state index contributed by atoms with van der Waals surface area (Å²) in [7, 11) is 1.37. The van der Waals surface area contributed by atoms with Crippen molar-refractivity contribution >= 4 is 34.9 Å².